The number of benzene rings is 2. The molecular formula is C26H32N4O5. The number of nitrogens with one attached hydrogen (secondary N) is 3. The Labute approximate surface area is 203 Å². The van der Waals surface area contributed by atoms with Gasteiger partial charge >= 0.3 is 5.97 Å². The average molecular weight is 481 g/mol. The molecule has 1 aromatic heterocycles. The minimum Gasteiger partial charge on any atom is -0.508 e. The molecule has 3 rings (SSSR count). The molecule has 3 unspecified atom stereocenters. The van der Waals surface area contributed by atoms with Crippen molar-refractivity contribution in [1.82, 2.24) is 15.6 Å². The summed E-state index contributed by atoms with van der Waals surface area (Å²) in [6.07, 6.45) is 2.37. The summed E-state index contributed by atoms with van der Waals surface area (Å²) in [5, 5.41) is 25.3. The third-order valence-corrected chi connectivity index (χ3v) is 5.78. The molecule has 1 heterocycles. The second-order valence-corrected chi connectivity index (χ2v) is 9.13. The summed E-state index contributed by atoms with van der Waals surface area (Å²) in [6.45, 7) is 3.81. The fourth-order valence-electron chi connectivity index (χ4n) is 3.95. The zero-order valence-corrected chi connectivity index (χ0v) is 19.8. The maximum Gasteiger partial charge on any atom is 0.326 e. The summed E-state index contributed by atoms with van der Waals surface area (Å²) < 4.78 is 0. The van der Waals surface area contributed by atoms with Crippen LogP contribution in [-0.2, 0) is 27.2 Å². The van der Waals surface area contributed by atoms with Gasteiger partial charge in [0.2, 0.25) is 11.8 Å². The normalized spacial score (nSPS) is 13.8. The summed E-state index contributed by atoms with van der Waals surface area (Å²) in [5.41, 5.74) is 8.47. The number of aromatic nitrogens is 1. The number of aliphatic carboxylic acids is 1. The van der Waals surface area contributed by atoms with Gasteiger partial charge in [-0.15, -0.1) is 0 Å². The van der Waals surface area contributed by atoms with Crippen molar-refractivity contribution < 1.29 is 24.6 Å². The Morgan fingerprint density at radius 3 is 2.26 bits per heavy atom. The molecule has 0 radical (unpaired) electrons. The molecule has 9 heteroatoms. The van der Waals surface area contributed by atoms with E-state index in [9.17, 15) is 24.6 Å². The van der Waals surface area contributed by atoms with Crippen LogP contribution in [0.5, 0.6) is 5.75 Å². The molecule has 35 heavy (non-hydrogen) atoms. The first-order valence-electron chi connectivity index (χ1n) is 11.6. The van der Waals surface area contributed by atoms with Crippen molar-refractivity contribution in [2.45, 2.75) is 51.2 Å². The number of hydrogen-bond donors (Lipinski definition) is 6. The van der Waals surface area contributed by atoms with E-state index in [2.05, 4.69) is 15.6 Å². The number of nitrogens with two attached hydrogens (primary N) is 1. The lowest BCUT2D eigenvalue weighted by atomic mass is 10.00. The van der Waals surface area contributed by atoms with E-state index in [4.69, 9.17) is 5.73 Å². The van der Waals surface area contributed by atoms with Gasteiger partial charge in [-0.2, -0.15) is 0 Å². The summed E-state index contributed by atoms with van der Waals surface area (Å²) >= 11 is 0. The molecule has 2 aromatic carbocycles. The fourth-order valence-corrected chi connectivity index (χ4v) is 3.95. The number of hydrogen-bond acceptors (Lipinski definition) is 5. The Bertz CT molecular complexity index is 1170. The second kappa shape index (κ2) is 11.5. The van der Waals surface area contributed by atoms with Crippen LogP contribution >= 0.6 is 0 Å². The zero-order valence-electron chi connectivity index (χ0n) is 19.8. The van der Waals surface area contributed by atoms with E-state index in [1.165, 1.54) is 12.1 Å². The number of carbonyl (C=O) groups excluding carboxylic acids is 2. The van der Waals surface area contributed by atoms with E-state index in [0.29, 0.717) is 6.42 Å². The molecule has 0 saturated heterocycles. The summed E-state index contributed by atoms with van der Waals surface area (Å²) in [5.74, 6) is -2.07. The van der Waals surface area contributed by atoms with Crippen LogP contribution in [0.3, 0.4) is 0 Å². The number of aromatic hydroxyl groups is 1. The van der Waals surface area contributed by atoms with Crippen molar-refractivity contribution >= 4 is 28.7 Å². The number of carboxylic acids is 1. The van der Waals surface area contributed by atoms with Crippen LogP contribution < -0.4 is 16.4 Å². The Morgan fingerprint density at radius 2 is 1.60 bits per heavy atom. The predicted octanol–water partition coefficient (Wildman–Crippen LogP) is 2.09. The minimum atomic E-state index is -1.17. The van der Waals surface area contributed by atoms with Gasteiger partial charge in [0.1, 0.15) is 17.8 Å². The van der Waals surface area contributed by atoms with E-state index in [0.717, 1.165) is 22.0 Å². The second-order valence-electron chi connectivity index (χ2n) is 9.13. The summed E-state index contributed by atoms with van der Waals surface area (Å²) in [6, 6.07) is 10.9. The molecule has 7 N–H and O–H groups in total. The molecule has 0 bridgehead atoms. The number of H-pyrrole nitrogens is 1. The zero-order chi connectivity index (χ0) is 25.5. The van der Waals surface area contributed by atoms with E-state index < -0.39 is 35.9 Å². The maximum absolute atomic E-state index is 13.1. The fraction of sp³-hybridized carbons (Fsp3) is 0.346. The first kappa shape index (κ1) is 25.8. The van der Waals surface area contributed by atoms with Crippen molar-refractivity contribution in [1.29, 1.82) is 0 Å². The van der Waals surface area contributed by atoms with Gasteiger partial charge in [-0.3, -0.25) is 9.59 Å². The number of amides is 2. The number of rotatable bonds is 11. The van der Waals surface area contributed by atoms with E-state index in [1.54, 1.807) is 18.3 Å². The summed E-state index contributed by atoms with van der Waals surface area (Å²) in [4.78, 5) is 40.9. The molecule has 0 aliphatic rings. The highest BCUT2D eigenvalue weighted by molar-refractivity contribution is 5.92. The Kier molecular flexibility index (Phi) is 8.48. The molecule has 0 spiro atoms. The van der Waals surface area contributed by atoms with Gasteiger partial charge in [0.05, 0.1) is 6.04 Å². The lowest BCUT2D eigenvalue weighted by Gasteiger charge is -2.24. The van der Waals surface area contributed by atoms with Crippen LogP contribution in [-0.4, -0.2) is 51.1 Å². The number of aromatic amines is 1. The molecule has 0 fully saturated rings. The van der Waals surface area contributed by atoms with Crippen molar-refractivity contribution in [2.75, 3.05) is 0 Å². The van der Waals surface area contributed by atoms with Gasteiger partial charge in [0, 0.05) is 23.5 Å². The number of phenolic OH excluding ortho intramolecular Hbond substituents is 1. The SMILES string of the molecule is CC(C)CC(NC(=O)C(N)Cc1ccc(O)cc1)C(=O)NC(Cc1c[nH]c2ccccc12)C(=O)O. The van der Waals surface area contributed by atoms with E-state index in [1.807, 2.05) is 38.1 Å². The smallest absolute Gasteiger partial charge is 0.326 e. The standard InChI is InChI=1S/C26H32N4O5/c1-15(2)11-22(29-24(32)20(27)12-16-7-9-18(31)10-8-16)25(33)30-23(26(34)35)13-17-14-28-21-6-4-3-5-19(17)21/h3-10,14-15,20,22-23,28,31H,11-13,27H2,1-2H3,(H,29,32)(H,30,33)(H,34,35). The molecule has 0 aliphatic carbocycles. The monoisotopic (exact) mass is 480 g/mol. The van der Waals surface area contributed by atoms with Gasteiger partial charge < -0.3 is 31.6 Å². The van der Waals surface area contributed by atoms with Crippen molar-refractivity contribution in [3.63, 3.8) is 0 Å². The molecule has 2 amide bonds. The first-order chi connectivity index (χ1) is 16.6. The number of para-hydroxylation sites is 1. The number of fused-ring (bicyclic) bond motifs is 1. The number of phenols is 1. The Morgan fingerprint density at radius 1 is 0.943 bits per heavy atom. The van der Waals surface area contributed by atoms with Crippen LogP contribution in [0.15, 0.2) is 54.7 Å². The van der Waals surface area contributed by atoms with Crippen LogP contribution in [0.1, 0.15) is 31.4 Å². The Balaban J connectivity index is 1.68. The largest absolute Gasteiger partial charge is 0.508 e. The number of carbonyl (C=O) groups is 3. The highest BCUT2D eigenvalue weighted by atomic mass is 16.4. The lowest BCUT2D eigenvalue weighted by Crippen LogP contribution is -2.55. The molecule has 9 nitrogen and oxygen atoms in total. The van der Waals surface area contributed by atoms with Gasteiger partial charge in [0.25, 0.3) is 0 Å². The molecule has 0 saturated carbocycles. The van der Waals surface area contributed by atoms with E-state index in [-0.39, 0.29) is 24.5 Å². The van der Waals surface area contributed by atoms with Gasteiger partial charge in [-0.1, -0.05) is 44.2 Å². The van der Waals surface area contributed by atoms with Gasteiger partial charge in [-0.25, -0.2) is 4.79 Å². The third kappa shape index (κ3) is 7.07. The van der Waals surface area contributed by atoms with Crippen molar-refractivity contribution in [2.24, 2.45) is 11.7 Å². The third-order valence-electron chi connectivity index (χ3n) is 5.78. The topological polar surface area (TPSA) is 158 Å². The van der Waals surface area contributed by atoms with Crippen LogP contribution in [0.4, 0.5) is 0 Å². The van der Waals surface area contributed by atoms with Crippen molar-refractivity contribution in [3.05, 3.63) is 65.9 Å². The van der Waals surface area contributed by atoms with Crippen LogP contribution in [0.25, 0.3) is 10.9 Å². The minimum absolute atomic E-state index is 0.0660. The van der Waals surface area contributed by atoms with Gasteiger partial charge in [0.15, 0.2) is 0 Å². The highest BCUT2D eigenvalue weighted by Gasteiger charge is 2.29. The quantitative estimate of drug-likeness (QED) is 0.247. The van der Waals surface area contributed by atoms with E-state index >= 15 is 0 Å². The molecule has 186 valence electrons. The lowest BCUT2D eigenvalue weighted by molar-refractivity contribution is -0.142. The van der Waals surface area contributed by atoms with Gasteiger partial charge in [-0.05, 0) is 48.1 Å². The van der Waals surface area contributed by atoms with Crippen molar-refractivity contribution in [3.8, 4) is 5.75 Å². The highest BCUT2D eigenvalue weighted by Crippen LogP contribution is 2.19. The molecule has 3 aromatic rings. The predicted molar refractivity (Wildman–Crippen MR) is 133 cm³/mol. The average Bonchev–Trinajstić information content (AvgIpc) is 3.22. The Hall–Kier alpha value is -3.85. The molecule has 0 aliphatic heterocycles. The molecule has 3 atom stereocenters. The van der Waals surface area contributed by atoms with Crippen LogP contribution in [0.2, 0.25) is 0 Å². The maximum atomic E-state index is 13.1. The first-order valence-corrected chi connectivity index (χ1v) is 11.6. The number of carboxylic acid groups (broad SMARTS) is 1. The summed E-state index contributed by atoms with van der Waals surface area (Å²) in [7, 11) is 0. The van der Waals surface area contributed by atoms with Crippen LogP contribution in [0, 0.1) is 5.92 Å². The molecular weight excluding hydrogens is 448 g/mol.